The van der Waals surface area contributed by atoms with Crippen LogP contribution in [0.3, 0.4) is 0 Å². The Morgan fingerprint density at radius 2 is 1.94 bits per heavy atom. The van der Waals surface area contributed by atoms with Crippen molar-refractivity contribution < 1.29 is 0 Å². The summed E-state index contributed by atoms with van der Waals surface area (Å²) in [6.45, 7) is 0. The van der Waals surface area contributed by atoms with E-state index in [2.05, 4.69) is 39.7 Å². The van der Waals surface area contributed by atoms with E-state index >= 15 is 0 Å². The molecular weight excluding hydrogens is 343 g/mol. The molecule has 1 heterocycles. The van der Waals surface area contributed by atoms with Gasteiger partial charge in [0.15, 0.2) is 0 Å². The highest BCUT2D eigenvalue weighted by molar-refractivity contribution is 14.1. The fourth-order valence-electron chi connectivity index (χ4n) is 1.70. The number of hydrogen-bond donors (Lipinski definition) is 1. The second-order valence-corrected chi connectivity index (χ2v) is 5.99. The van der Waals surface area contributed by atoms with Gasteiger partial charge in [-0.1, -0.05) is 12.1 Å². The smallest absolute Gasteiger partial charge is 0.126 e. The zero-order valence-corrected chi connectivity index (χ0v) is 11.8. The van der Waals surface area contributed by atoms with Crippen molar-refractivity contribution >= 4 is 49.8 Å². The summed E-state index contributed by atoms with van der Waals surface area (Å²) in [5.74, 6) is 0. The van der Waals surface area contributed by atoms with Gasteiger partial charge < -0.3 is 5.73 Å². The summed E-state index contributed by atoms with van der Waals surface area (Å²) in [6, 6.07) is 14.2. The fourth-order valence-corrected chi connectivity index (χ4v) is 3.20. The van der Waals surface area contributed by atoms with Crippen LogP contribution in [0.15, 0.2) is 42.5 Å². The number of hydrogen-bond acceptors (Lipinski definition) is 3. The van der Waals surface area contributed by atoms with Crippen molar-refractivity contribution in [3.63, 3.8) is 0 Å². The SMILES string of the molecule is Nc1ccc(I)cc1-c1nc2ccccc2s1. The number of thiazole rings is 1. The van der Waals surface area contributed by atoms with E-state index in [0.717, 1.165) is 21.8 Å². The molecule has 1 aromatic heterocycles. The van der Waals surface area contributed by atoms with Crippen LogP contribution in [0, 0.1) is 3.57 Å². The monoisotopic (exact) mass is 352 g/mol. The lowest BCUT2D eigenvalue weighted by Gasteiger charge is -2.01. The highest BCUT2D eigenvalue weighted by Crippen LogP contribution is 2.33. The van der Waals surface area contributed by atoms with Crippen LogP contribution in [0.5, 0.6) is 0 Å². The molecule has 17 heavy (non-hydrogen) atoms. The molecule has 0 radical (unpaired) electrons. The molecule has 0 fully saturated rings. The number of para-hydroxylation sites is 1. The van der Waals surface area contributed by atoms with Gasteiger partial charge in [-0.2, -0.15) is 0 Å². The van der Waals surface area contributed by atoms with Crippen LogP contribution < -0.4 is 5.73 Å². The van der Waals surface area contributed by atoms with Crippen molar-refractivity contribution in [2.24, 2.45) is 0 Å². The van der Waals surface area contributed by atoms with Gasteiger partial charge in [0.2, 0.25) is 0 Å². The molecule has 2 nitrogen and oxygen atoms in total. The Bertz CT molecular complexity index is 658. The molecular formula is C13H9IN2S. The van der Waals surface area contributed by atoms with Crippen molar-refractivity contribution in [1.29, 1.82) is 0 Å². The zero-order chi connectivity index (χ0) is 11.8. The van der Waals surface area contributed by atoms with E-state index in [9.17, 15) is 0 Å². The number of anilines is 1. The van der Waals surface area contributed by atoms with Gasteiger partial charge in [0, 0.05) is 14.8 Å². The zero-order valence-electron chi connectivity index (χ0n) is 8.85. The molecule has 0 bridgehead atoms. The molecule has 0 unspecified atom stereocenters. The van der Waals surface area contributed by atoms with Gasteiger partial charge in [0.1, 0.15) is 5.01 Å². The molecule has 0 spiro atoms. The molecule has 0 aliphatic rings. The van der Waals surface area contributed by atoms with Crippen LogP contribution in [0.4, 0.5) is 5.69 Å². The third-order valence-corrected chi connectivity index (χ3v) is 4.28. The lowest BCUT2D eigenvalue weighted by Crippen LogP contribution is -1.89. The Hall–Kier alpha value is -1.14. The van der Waals surface area contributed by atoms with Gasteiger partial charge in [0.25, 0.3) is 0 Å². The molecule has 0 saturated carbocycles. The minimum absolute atomic E-state index is 0.782. The average Bonchev–Trinajstić information content (AvgIpc) is 2.75. The summed E-state index contributed by atoms with van der Waals surface area (Å²) in [5, 5.41) is 0.988. The summed E-state index contributed by atoms with van der Waals surface area (Å²) < 4.78 is 2.37. The third-order valence-electron chi connectivity index (χ3n) is 2.54. The van der Waals surface area contributed by atoms with Crippen LogP contribution in [-0.4, -0.2) is 4.98 Å². The Kier molecular flexibility index (Phi) is 2.76. The van der Waals surface area contributed by atoms with Crippen molar-refractivity contribution in [3.05, 3.63) is 46.0 Å². The fraction of sp³-hybridized carbons (Fsp3) is 0. The van der Waals surface area contributed by atoms with Crippen LogP contribution in [-0.2, 0) is 0 Å². The maximum absolute atomic E-state index is 6.01. The number of aromatic nitrogens is 1. The topological polar surface area (TPSA) is 38.9 Å². The predicted octanol–water partition coefficient (Wildman–Crippen LogP) is 4.15. The Morgan fingerprint density at radius 1 is 1.12 bits per heavy atom. The lowest BCUT2D eigenvalue weighted by molar-refractivity contribution is 1.47. The second kappa shape index (κ2) is 4.27. The summed E-state index contributed by atoms with van der Waals surface area (Å²) in [7, 11) is 0. The van der Waals surface area contributed by atoms with Gasteiger partial charge in [-0.15, -0.1) is 11.3 Å². The van der Waals surface area contributed by atoms with E-state index in [4.69, 9.17) is 5.73 Å². The number of nitrogens with zero attached hydrogens (tertiary/aromatic N) is 1. The highest BCUT2D eigenvalue weighted by Gasteiger charge is 2.09. The second-order valence-electron chi connectivity index (χ2n) is 3.72. The van der Waals surface area contributed by atoms with E-state index in [1.165, 1.54) is 8.27 Å². The van der Waals surface area contributed by atoms with Crippen molar-refractivity contribution in [2.75, 3.05) is 5.73 Å². The van der Waals surface area contributed by atoms with Crippen LogP contribution in [0.2, 0.25) is 0 Å². The molecule has 0 aliphatic heterocycles. The van der Waals surface area contributed by atoms with Crippen molar-refractivity contribution in [2.45, 2.75) is 0 Å². The molecule has 84 valence electrons. The molecule has 2 N–H and O–H groups in total. The Labute approximate surface area is 117 Å². The van der Waals surface area contributed by atoms with E-state index in [1.54, 1.807) is 11.3 Å². The average molecular weight is 352 g/mol. The number of rotatable bonds is 1. The molecule has 2 aromatic carbocycles. The molecule has 0 aliphatic carbocycles. The number of benzene rings is 2. The van der Waals surface area contributed by atoms with Crippen LogP contribution in [0.25, 0.3) is 20.8 Å². The largest absolute Gasteiger partial charge is 0.398 e. The summed E-state index contributed by atoms with van der Waals surface area (Å²) in [4.78, 5) is 4.62. The molecule has 3 rings (SSSR count). The molecule has 0 atom stereocenters. The first kappa shape index (κ1) is 11.0. The highest BCUT2D eigenvalue weighted by atomic mass is 127. The molecule has 4 heteroatoms. The summed E-state index contributed by atoms with van der Waals surface area (Å²) in [5.41, 5.74) is 8.85. The normalized spacial score (nSPS) is 10.9. The van der Waals surface area contributed by atoms with Gasteiger partial charge in [-0.25, -0.2) is 4.98 Å². The number of halogens is 1. The number of nitrogen functional groups attached to an aromatic ring is 1. The van der Waals surface area contributed by atoms with E-state index < -0.39 is 0 Å². The minimum atomic E-state index is 0.782. The van der Waals surface area contributed by atoms with Gasteiger partial charge in [-0.05, 0) is 52.9 Å². The van der Waals surface area contributed by atoms with Crippen molar-refractivity contribution in [3.8, 4) is 10.6 Å². The Balaban J connectivity index is 2.23. The van der Waals surface area contributed by atoms with E-state index in [1.807, 2.05) is 30.3 Å². The van der Waals surface area contributed by atoms with Crippen LogP contribution in [0.1, 0.15) is 0 Å². The number of fused-ring (bicyclic) bond motifs is 1. The first-order valence-corrected chi connectivity index (χ1v) is 7.04. The summed E-state index contributed by atoms with van der Waals surface area (Å²) in [6.07, 6.45) is 0. The summed E-state index contributed by atoms with van der Waals surface area (Å²) >= 11 is 3.97. The van der Waals surface area contributed by atoms with E-state index in [0.29, 0.717) is 0 Å². The maximum Gasteiger partial charge on any atom is 0.126 e. The third kappa shape index (κ3) is 2.02. The van der Waals surface area contributed by atoms with Gasteiger partial charge in [0.05, 0.1) is 10.2 Å². The van der Waals surface area contributed by atoms with Crippen molar-refractivity contribution in [1.82, 2.24) is 4.98 Å². The minimum Gasteiger partial charge on any atom is -0.398 e. The van der Waals surface area contributed by atoms with E-state index in [-0.39, 0.29) is 0 Å². The van der Waals surface area contributed by atoms with Crippen LogP contribution >= 0.6 is 33.9 Å². The molecule has 0 amide bonds. The predicted molar refractivity (Wildman–Crippen MR) is 82.2 cm³/mol. The molecule has 3 aromatic rings. The van der Waals surface area contributed by atoms with Gasteiger partial charge in [-0.3, -0.25) is 0 Å². The quantitative estimate of drug-likeness (QED) is 0.528. The lowest BCUT2D eigenvalue weighted by atomic mass is 10.2. The molecule has 0 saturated heterocycles. The Morgan fingerprint density at radius 3 is 2.76 bits per heavy atom. The standard InChI is InChI=1S/C13H9IN2S/c14-8-5-6-10(15)9(7-8)13-16-11-3-1-2-4-12(11)17-13/h1-7H,15H2. The first-order valence-electron chi connectivity index (χ1n) is 5.15. The van der Waals surface area contributed by atoms with Gasteiger partial charge >= 0.3 is 0 Å². The number of nitrogens with two attached hydrogens (primary N) is 1. The first-order chi connectivity index (χ1) is 8.24. The maximum atomic E-state index is 6.01.